The van der Waals surface area contributed by atoms with Gasteiger partial charge < -0.3 is 27.8 Å². The number of primary amides is 1. The van der Waals surface area contributed by atoms with Gasteiger partial charge in [0.2, 0.25) is 0 Å². The first kappa shape index (κ1) is 12.1. The monoisotopic (exact) mass is 223 g/mol. The van der Waals surface area contributed by atoms with E-state index in [0.29, 0.717) is 31.0 Å². The highest BCUT2D eigenvalue weighted by molar-refractivity contribution is 5.72. The van der Waals surface area contributed by atoms with E-state index in [1.807, 2.05) is 0 Å². The summed E-state index contributed by atoms with van der Waals surface area (Å²) in [5.41, 5.74) is 23.7. The molecule has 2 amide bonds. The number of nitrogens with zero attached hydrogens (tertiary/aromatic N) is 1. The average Bonchev–Trinajstić information content (AvgIpc) is 2.22. The molecule has 0 heterocycles. The summed E-state index contributed by atoms with van der Waals surface area (Å²) in [4.78, 5) is 12.5. The highest BCUT2D eigenvalue weighted by atomic mass is 16.2. The number of anilines is 2. The van der Waals surface area contributed by atoms with E-state index in [2.05, 4.69) is 0 Å². The van der Waals surface area contributed by atoms with E-state index < -0.39 is 6.03 Å². The number of rotatable bonds is 4. The van der Waals surface area contributed by atoms with Crippen LogP contribution in [0.25, 0.3) is 0 Å². The minimum Gasteiger partial charge on any atom is -0.397 e. The fraction of sp³-hybridized carbons (Fsp3) is 0.300. The molecule has 0 atom stereocenters. The van der Waals surface area contributed by atoms with Gasteiger partial charge in [0.25, 0.3) is 0 Å². The summed E-state index contributed by atoms with van der Waals surface area (Å²) in [5.74, 6) is 0. The second-order valence-electron chi connectivity index (χ2n) is 3.51. The van der Waals surface area contributed by atoms with Gasteiger partial charge in [0.15, 0.2) is 0 Å². The zero-order valence-corrected chi connectivity index (χ0v) is 9.02. The summed E-state index contributed by atoms with van der Waals surface area (Å²) in [5, 5.41) is 0. The SMILES string of the molecule is NCCN(Cc1ccc(N)c(N)c1)C(N)=O. The quantitative estimate of drug-likeness (QED) is 0.522. The molecule has 1 aromatic rings. The number of amides is 2. The largest absolute Gasteiger partial charge is 0.397 e. The third-order valence-corrected chi connectivity index (χ3v) is 2.24. The molecule has 1 rings (SSSR count). The number of carbonyl (C=O) groups is 1. The van der Waals surface area contributed by atoms with Crippen molar-refractivity contribution in [2.24, 2.45) is 11.5 Å². The van der Waals surface area contributed by atoms with Crippen LogP contribution in [-0.4, -0.2) is 24.0 Å². The van der Waals surface area contributed by atoms with Gasteiger partial charge in [-0.15, -0.1) is 0 Å². The maximum absolute atomic E-state index is 11.1. The van der Waals surface area contributed by atoms with Crippen molar-refractivity contribution in [3.63, 3.8) is 0 Å². The van der Waals surface area contributed by atoms with Gasteiger partial charge in [0.05, 0.1) is 11.4 Å². The zero-order valence-electron chi connectivity index (χ0n) is 9.02. The van der Waals surface area contributed by atoms with Crippen LogP contribution in [-0.2, 0) is 6.54 Å². The van der Waals surface area contributed by atoms with E-state index >= 15 is 0 Å². The number of carbonyl (C=O) groups excluding carboxylic acids is 1. The van der Waals surface area contributed by atoms with E-state index in [1.54, 1.807) is 18.2 Å². The van der Waals surface area contributed by atoms with E-state index in [1.165, 1.54) is 4.90 Å². The summed E-state index contributed by atoms with van der Waals surface area (Å²) in [6, 6.07) is 4.73. The fourth-order valence-corrected chi connectivity index (χ4v) is 1.37. The van der Waals surface area contributed by atoms with Crippen LogP contribution in [0.4, 0.5) is 16.2 Å². The molecule has 6 nitrogen and oxygen atoms in total. The normalized spacial score (nSPS) is 10.1. The molecule has 6 heteroatoms. The van der Waals surface area contributed by atoms with Crippen LogP contribution >= 0.6 is 0 Å². The van der Waals surface area contributed by atoms with Crippen molar-refractivity contribution in [3.05, 3.63) is 23.8 Å². The maximum atomic E-state index is 11.1. The van der Waals surface area contributed by atoms with Crippen molar-refractivity contribution in [1.29, 1.82) is 0 Å². The molecule has 88 valence electrons. The molecule has 0 spiro atoms. The van der Waals surface area contributed by atoms with Crippen molar-refractivity contribution in [3.8, 4) is 0 Å². The van der Waals surface area contributed by atoms with Gasteiger partial charge in [-0.05, 0) is 17.7 Å². The Morgan fingerprint density at radius 2 is 1.94 bits per heavy atom. The Hall–Kier alpha value is -1.95. The molecular weight excluding hydrogens is 206 g/mol. The van der Waals surface area contributed by atoms with Gasteiger partial charge >= 0.3 is 6.03 Å². The molecule has 0 radical (unpaired) electrons. The Balaban J connectivity index is 2.77. The van der Waals surface area contributed by atoms with Gasteiger partial charge in [0, 0.05) is 19.6 Å². The van der Waals surface area contributed by atoms with Crippen LogP contribution in [0.1, 0.15) is 5.56 Å². The first-order chi connectivity index (χ1) is 7.54. The molecule has 0 aliphatic heterocycles. The minimum atomic E-state index is -0.499. The maximum Gasteiger partial charge on any atom is 0.315 e. The molecule has 0 fully saturated rings. The van der Waals surface area contributed by atoms with Crippen molar-refractivity contribution in [2.75, 3.05) is 24.6 Å². The molecule has 16 heavy (non-hydrogen) atoms. The molecule has 8 N–H and O–H groups in total. The number of hydrogen-bond acceptors (Lipinski definition) is 4. The molecule has 0 aliphatic carbocycles. The number of benzene rings is 1. The fourth-order valence-electron chi connectivity index (χ4n) is 1.37. The Bertz CT molecular complexity index is 379. The first-order valence-electron chi connectivity index (χ1n) is 4.93. The summed E-state index contributed by atoms with van der Waals surface area (Å²) < 4.78 is 0. The topological polar surface area (TPSA) is 124 Å². The summed E-state index contributed by atoms with van der Waals surface area (Å²) in [6.07, 6.45) is 0. The summed E-state index contributed by atoms with van der Waals surface area (Å²) >= 11 is 0. The highest BCUT2D eigenvalue weighted by Gasteiger charge is 2.09. The Morgan fingerprint density at radius 3 is 2.44 bits per heavy atom. The van der Waals surface area contributed by atoms with E-state index in [4.69, 9.17) is 22.9 Å². The van der Waals surface area contributed by atoms with Gasteiger partial charge in [-0.1, -0.05) is 6.07 Å². The molecule has 0 aromatic heterocycles. The third-order valence-electron chi connectivity index (χ3n) is 2.24. The Labute approximate surface area is 94.2 Å². The number of hydrogen-bond donors (Lipinski definition) is 4. The standard InChI is InChI=1S/C10H17N5O/c11-3-4-15(10(14)16)6-7-1-2-8(12)9(13)5-7/h1-2,5H,3-4,6,11-13H2,(H2,14,16). The first-order valence-corrected chi connectivity index (χ1v) is 4.93. The van der Waals surface area contributed by atoms with Crippen LogP contribution in [0, 0.1) is 0 Å². The van der Waals surface area contributed by atoms with E-state index in [-0.39, 0.29) is 0 Å². The average molecular weight is 223 g/mol. The number of nitrogen functional groups attached to an aromatic ring is 2. The van der Waals surface area contributed by atoms with E-state index in [0.717, 1.165) is 5.56 Å². The molecular formula is C10H17N5O. The zero-order chi connectivity index (χ0) is 12.1. The van der Waals surface area contributed by atoms with Crippen molar-refractivity contribution in [2.45, 2.75) is 6.54 Å². The third kappa shape index (κ3) is 3.03. The molecule has 0 aliphatic rings. The van der Waals surface area contributed by atoms with Crippen molar-refractivity contribution < 1.29 is 4.79 Å². The number of urea groups is 1. The van der Waals surface area contributed by atoms with Gasteiger partial charge in [-0.3, -0.25) is 0 Å². The second-order valence-corrected chi connectivity index (χ2v) is 3.51. The second kappa shape index (κ2) is 5.22. The lowest BCUT2D eigenvalue weighted by molar-refractivity contribution is 0.206. The van der Waals surface area contributed by atoms with Crippen LogP contribution in [0.5, 0.6) is 0 Å². The smallest absolute Gasteiger partial charge is 0.315 e. The van der Waals surface area contributed by atoms with E-state index in [9.17, 15) is 4.79 Å². The lowest BCUT2D eigenvalue weighted by Crippen LogP contribution is -2.38. The number of nitrogens with two attached hydrogens (primary N) is 4. The summed E-state index contributed by atoms with van der Waals surface area (Å²) in [6.45, 7) is 1.17. The van der Waals surface area contributed by atoms with Gasteiger partial charge in [-0.25, -0.2) is 4.79 Å². The van der Waals surface area contributed by atoms with Crippen LogP contribution in [0.3, 0.4) is 0 Å². The van der Waals surface area contributed by atoms with Gasteiger partial charge in [-0.2, -0.15) is 0 Å². The summed E-state index contributed by atoms with van der Waals surface area (Å²) in [7, 11) is 0. The molecule has 0 saturated carbocycles. The predicted molar refractivity (Wildman–Crippen MR) is 64.3 cm³/mol. The van der Waals surface area contributed by atoms with Crippen LogP contribution in [0.2, 0.25) is 0 Å². The molecule has 0 bridgehead atoms. The van der Waals surface area contributed by atoms with Crippen LogP contribution in [0.15, 0.2) is 18.2 Å². The van der Waals surface area contributed by atoms with Gasteiger partial charge in [0.1, 0.15) is 0 Å². The lowest BCUT2D eigenvalue weighted by atomic mass is 10.1. The van der Waals surface area contributed by atoms with Crippen molar-refractivity contribution >= 4 is 17.4 Å². The highest BCUT2D eigenvalue weighted by Crippen LogP contribution is 2.17. The molecule has 0 unspecified atom stereocenters. The van der Waals surface area contributed by atoms with Crippen molar-refractivity contribution in [1.82, 2.24) is 4.90 Å². The molecule has 1 aromatic carbocycles. The Kier molecular flexibility index (Phi) is 3.96. The Morgan fingerprint density at radius 1 is 1.25 bits per heavy atom. The molecule has 0 saturated heterocycles. The predicted octanol–water partition coefficient (Wildman–Crippen LogP) is -0.310. The minimum absolute atomic E-state index is 0.368. The van der Waals surface area contributed by atoms with Crippen LogP contribution < -0.4 is 22.9 Å². The lowest BCUT2D eigenvalue weighted by Gasteiger charge is -2.19.